The summed E-state index contributed by atoms with van der Waals surface area (Å²) < 4.78 is 91.1. The van der Waals surface area contributed by atoms with Gasteiger partial charge in [0.2, 0.25) is 12.1 Å². The summed E-state index contributed by atoms with van der Waals surface area (Å²) in [6.07, 6.45) is -24.2. The Hall–Kier alpha value is -6.03. The molecule has 3 rings (SSSR count). The first-order valence-electron chi connectivity index (χ1n) is 20.3. The summed E-state index contributed by atoms with van der Waals surface area (Å²) in [7, 11) is 0. The molecule has 0 aliphatic carbocycles. The molecule has 3 aliphatic heterocycles. The maximum absolute atomic E-state index is 12.9. The van der Waals surface area contributed by atoms with Gasteiger partial charge in [-0.2, -0.15) is 0 Å². The summed E-state index contributed by atoms with van der Waals surface area (Å²) in [4.78, 5) is 137. The molecule has 0 bridgehead atoms. The number of hydrogen-bond acceptors (Lipinski definition) is 27. The first-order chi connectivity index (χ1) is 31.2. The van der Waals surface area contributed by atoms with Crippen molar-refractivity contribution in [3.8, 4) is 0 Å². The molecule has 0 aromatic rings. The zero-order chi connectivity index (χ0) is 50.5. The topological polar surface area (TPSA) is 335 Å². The van der Waals surface area contributed by atoms with Crippen LogP contribution in [0.3, 0.4) is 0 Å². The van der Waals surface area contributed by atoms with E-state index in [0.29, 0.717) is 0 Å². The van der Waals surface area contributed by atoms with Crippen molar-refractivity contribution in [1.82, 2.24) is 0 Å². The molecule has 0 radical (unpaired) electrons. The van der Waals surface area contributed by atoms with Crippen LogP contribution in [0.4, 0.5) is 0 Å². The average Bonchev–Trinajstić information content (AvgIpc) is 3.45. The zero-order valence-electron chi connectivity index (χ0n) is 38.4. The molecule has 3 saturated heterocycles. The normalized spacial score (nSPS) is 31.1. The molecule has 3 fully saturated rings. The summed E-state index contributed by atoms with van der Waals surface area (Å²) in [5, 5.41) is 0. The molecule has 14 atom stereocenters. The highest BCUT2D eigenvalue weighted by Gasteiger charge is 2.66. The van der Waals surface area contributed by atoms with Gasteiger partial charge in [0.1, 0.15) is 44.7 Å². The van der Waals surface area contributed by atoms with Gasteiger partial charge in [-0.1, -0.05) is 0 Å². The van der Waals surface area contributed by atoms with Crippen LogP contribution in [-0.2, 0) is 129 Å². The Kier molecular flexibility index (Phi) is 20.3. The Bertz CT molecular complexity index is 1860. The van der Waals surface area contributed by atoms with E-state index in [-0.39, 0.29) is 0 Å². The Morgan fingerprint density at radius 1 is 0.358 bits per heavy atom. The molecule has 0 aromatic carbocycles. The van der Waals surface area contributed by atoms with Gasteiger partial charge in [0, 0.05) is 76.2 Å². The summed E-state index contributed by atoms with van der Waals surface area (Å²) in [6.45, 7) is 7.30. The molecule has 0 saturated carbocycles. The maximum Gasteiger partial charge on any atom is 0.303 e. The zero-order valence-corrected chi connectivity index (χ0v) is 38.4. The average molecular weight is 967 g/mol. The largest absolute Gasteiger partial charge is 0.463 e. The van der Waals surface area contributed by atoms with Crippen molar-refractivity contribution in [3.63, 3.8) is 0 Å². The van der Waals surface area contributed by atoms with E-state index in [0.717, 1.165) is 76.2 Å². The second kappa shape index (κ2) is 24.7. The van der Waals surface area contributed by atoms with E-state index in [4.69, 9.17) is 75.8 Å². The second-order valence-electron chi connectivity index (χ2n) is 14.9. The van der Waals surface area contributed by atoms with E-state index in [9.17, 15) is 52.7 Å². The fraction of sp³-hybridized carbons (Fsp3) is 0.725. The van der Waals surface area contributed by atoms with Crippen LogP contribution >= 0.6 is 0 Å². The quantitative estimate of drug-likeness (QED) is 0.107. The van der Waals surface area contributed by atoms with Gasteiger partial charge in [0.15, 0.2) is 55.1 Å². The lowest BCUT2D eigenvalue weighted by Crippen LogP contribution is -2.67. The van der Waals surface area contributed by atoms with Crippen molar-refractivity contribution in [2.75, 3.05) is 26.4 Å². The van der Waals surface area contributed by atoms with Gasteiger partial charge in [-0.05, 0) is 0 Å². The van der Waals surface area contributed by atoms with Crippen LogP contribution in [0.25, 0.3) is 0 Å². The van der Waals surface area contributed by atoms with Crippen LogP contribution < -0.4 is 0 Å². The van der Waals surface area contributed by atoms with Crippen molar-refractivity contribution in [3.05, 3.63) is 0 Å². The third-order valence-electron chi connectivity index (χ3n) is 9.17. The van der Waals surface area contributed by atoms with Gasteiger partial charge in [0.25, 0.3) is 0 Å². The SMILES string of the molecule is CC(=O)OC[C@H]1O[C@@H](O[C@H]2[C@H](OC(C)=O)[C@@H](COC(C)=O)O[C@@]2(COC(C)=O)O[C@H]2O[C@H](COC(C)=O)[C@@H](OC(C)=O)[C@H](OC(C)=O)[C@H]2OC(C)=O)[C@H](OC(C)=O)[C@@H](OC(C)=O)[C@H]1OC(C)=O. The van der Waals surface area contributed by atoms with Crippen LogP contribution in [0.5, 0.6) is 0 Å². The Balaban J connectivity index is 2.43. The summed E-state index contributed by atoms with van der Waals surface area (Å²) in [6, 6.07) is 0. The second-order valence-corrected chi connectivity index (χ2v) is 14.9. The van der Waals surface area contributed by atoms with E-state index in [1.807, 2.05) is 0 Å². The van der Waals surface area contributed by atoms with Crippen molar-refractivity contribution in [2.45, 2.75) is 162 Å². The van der Waals surface area contributed by atoms with E-state index in [1.165, 1.54) is 0 Å². The van der Waals surface area contributed by atoms with Crippen LogP contribution in [0.2, 0.25) is 0 Å². The van der Waals surface area contributed by atoms with Crippen molar-refractivity contribution < 1.29 is 129 Å². The predicted octanol–water partition coefficient (Wildman–Crippen LogP) is -1.29. The minimum absolute atomic E-state index is 0.735. The molecule has 376 valence electrons. The molecule has 3 aliphatic rings. The molecule has 0 amide bonds. The molecule has 27 heteroatoms. The van der Waals surface area contributed by atoms with Gasteiger partial charge in [-0.15, -0.1) is 0 Å². The fourth-order valence-electron chi connectivity index (χ4n) is 7.04. The van der Waals surface area contributed by atoms with Crippen molar-refractivity contribution in [1.29, 1.82) is 0 Å². The fourth-order valence-corrected chi connectivity index (χ4v) is 7.04. The monoisotopic (exact) mass is 966 g/mol. The Morgan fingerprint density at radius 2 is 0.672 bits per heavy atom. The van der Waals surface area contributed by atoms with Crippen molar-refractivity contribution >= 4 is 65.7 Å². The van der Waals surface area contributed by atoms with Crippen LogP contribution in [0, 0.1) is 0 Å². The molecule has 67 heavy (non-hydrogen) atoms. The third-order valence-corrected chi connectivity index (χ3v) is 9.17. The number of carbonyl (C=O) groups is 11. The van der Waals surface area contributed by atoms with Gasteiger partial charge in [-0.3, -0.25) is 52.7 Å². The predicted molar refractivity (Wildman–Crippen MR) is 206 cm³/mol. The highest BCUT2D eigenvalue weighted by atomic mass is 16.8. The summed E-state index contributed by atoms with van der Waals surface area (Å²) in [5.41, 5.74) is 0. The lowest BCUT2D eigenvalue weighted by molar-refractivity contribution is -0.400. The first-order valence-corrected chi connectivity index (χ1v) is 20.3. The molecular weight excluding hydrogens is 912 g/mol. The minimum atomic E-state index is -2.82. The number of esters is 11. The minimum Gasteiger partial charge on any atom is -0.463 e. The molecule has 0 unspecified atom stereocenters. The van der Waals surface area contributed by atoms with E-state index < -0.39 is 178 Å². The number of carbonyl (C=O) groups excluding carboxylic acids is 11. The molecule has 27 nitrogen and oxygen atoms in total. The smallest absolute Gasteiger partial charge is 0.303 e. The highest BCUT2D eigenvalue weighted by molar-refractivity contribution is 5.70. The lowest BCUT2D eigenvalue weighted by Gasteiger charge is -2.48. The van der Waals surface area contributed by atoms with Crippen LogP contribution in [0.15, 0.2) is 0 Å². The first kappa shape index (κ1) is 55.3. The van der Waals surface area contributed by atoms with Gasteiger partial charge in [-0.25, -0.2) is 0 Å². The third kappa shape index (κ3) is 16.4. The molecule has 3 heterocycles. The molecule has 0 N–H and O–H groups in total. The van der Waals surface area contributed by atoms with E-state index in [2.05, 4.69) is 0 Å². The van der Waals surface area contributed by atoms with Crippen molar-refractivity contribution in [2.24, 2.45) is 0 Å². The standard InChI is InChI=1S/C40H54O27/c1-16(41)52-12-27-30(56-20(5)45)33(59-23(8)48)35(61-25(10)50)38(63-27)65-37-32(58-22(7)47)29(14-54-18(3)43)66-40(37,15-55-19(4)44)67-39-36(62-26(11)51)34(60-24(9)49)31(57-21(6)46)28(64-39)13-53-17(2)42/h27-39H,12-15H2,1-11H3/t27-,28-,29-,30+,31-,32-,33+,34+,35-,36-,37+,38+,39-,40+/m1/s1. The number of hydrogen-bond donors (Lipinski definition) is 0. The van der Waals surface area contributed by atoms with Crippen LogP contribution in [-0.4, -0.2) is 178 Å². The van der Waals surface area contributed by atoms with E-state index >= 15 is 0 Å². The number of ether oxygens (including phenoxy) is 16. The number of rotatable bonds is 19. The summed E-state index contributed by atoms with van der Waals surface area (Å²) in [5.74, 6) is -13.6. The maximum atomic E-state index is 12.9. The Morgan fingerprint density at radius 3 is 1.04 bits per heavy atom. The lowest BCUT2D eigenvalue weighted by atomic mass is 9.97. The highest BCUT2D eigenvalue weighted by Crippen LogP contribution is 2.43. The molecule has 0 aromatic heterocycles. The van der Waals surface area contributed by atoms with Crippen LogP contribution in [0.1, 0.15) is 76.2 Å². The van der Waals surface area contributed by atoms with E-state index in [1.54, 1.807) is 0 Å². The van der Waals surface area contributed by atoms with Gasteiger partial charge >= 0.3 is 65.7 Å². The van der Waals surface area contributed by atoms with Gasteiger partial charge < -0.3 is 75.8 Å². The Labute approximate surface area is 382 Å². The molecular formula is C40H54O27. The molecule has 0 spiro atoms. The van der Waals surface area contributed by atoms with Gasteiger partial charge in [0.05, 0.1) is 0 Å². The summed E-state index contributed by atoms with van der Waals surface area (Å²) >= 11 is 0.